The zero-order valence-electron chi connectivity index (χ0n) is 12.2. The Morgan fingerprint density at radius 3 is 2.86 bits per heavy atom. The molecule has 1 aromatic heterocycles. The minimum Gasteiger partial charge on any atom is -0.464 e. The molecule has 0 aromatic carbocycles. The van der Waals surface area contributed by atoms with Crippen molar-refractivity contribution in [2.75, 3.05) is 19.0 Å². The normalized spacial score (nSPS) is 21.0. The summed E-state index contributed by atoms with van der Waals surface area (Å²) < 4.78 is 4.59. The molecular weight excluding hydrogens is 274 g/mol. The molecule has 114 valence electrons. The number of hydrogen-bond donors (Lipinski definition) is 1. The fraction of sp³-hybridized carbons (Fsp3) is 0.571. The Labute approximate surface area is 122 Å². The van der Waals surface area contributed by atoms with E-state index < -0.39 is 10.9 Å². The van der Waals surface area contributed by atoms with E-state index in [1.165, 1.54) is 32.1 Å². The number of pyridine rings is 1. The highest BCUT2D eigenvalue weighted by Crippen LogP contribution is 2.32. The molecule has 0 spiro atoms. The molecule has 2 atom stereocenters. The molecule has 7 heteroatoms. The number of methoxy groups -OCH3 is 1. The number of esters is 1. The predicted molar refractivity (Wildman–Crippen MR) is 77.2 cm³/mol. The van der Waals surface area contributed by atoms with Crippen molar-refractivity contribution >= 4 is 17.5 Å². The van der Waals surface area contributed by atoms with Gasteiger partial charge < -0.3 is 10.1 Å². The molecule has 2 unspecified atom stereocenters. The smallest absolute Gasteiger partial charge is 0.356 e. The average molecular weight is 293 g/mol. The third kappa shape index (κ3) is 3.48. The maximum Gasteiger partial charge on any atom is 0.356 e. The van der Waals surface area contributed by atoms with Crippen LogP contribution in [0, 0.1) is 22.0 Å². The van der Waals surface area contributed by atoms with E-state index in [-0.39, 0.29) is 17.2 Å². The zero-order valence-corrected chi connectivity index (χ0v) is 12.2. The zero-order chi connectivity index (χ0) is 15.4. The molecule has 1 N–H and O–H groups in total. The Morgan fingerprint density at radius 2 is 2.29 bits per heavy atom. The van der Waals surface area contributed by atoms with E-state index >= 15 is 0 Å². The number of carbonyl (C=O) groups excluding carboxylic acids is 1. The molecule has 0 radical (unpaired) electrons. The van der Waals surface area contributed by atoms with Gasteiger partial charge in [-0.1, -0.05) is 19.8 Å². The molecule has 1 saturated carbocycles. The molecule has 1 aliphatic rings. The number of carbonyl (C=O) groups is 1. The van der Waals surface area contributed by atoms with Crippen LogP contribution in [0.2, 0.25) is 0 Å². The number of nitrogens with zero attached hydrogens (tertiary/aromatic N) is 2. The van der Waals surface area contributed by atoms with Crippen molar-refractivity contribution in [3.8, 4) is 0 Å². The van der Waals surface area contributed by atoms with Gasteiger partial charge in [0.15, 0.2) is 5.69 Å². The Morgan fingerprint density at radius 1 is 1.52 bits per heavy atom. The molecule has 0 amide bonds. The lowest BCUT2D eigenvalue weighted by atomic mass is 9.98. The van der Waals surface area contributed by atoms with E-state index in [2.05, 4.69) is 22.0 Å². The van der Waals surface area contributed by atoms with Crippen LogP contribution in [0.4, 0.5) is 11.5 Å². The van der Waals surface area contributed by atoms with Crippen LogP contribution in [0.1, 0.15) is 36.7 Å². The number of ether oxygens (including phenoxy) is 1. The molecule has 0 saturated heterocycles. The van der Waals surface area contributed by atoms with Crippen LogP contribution in [0.5, 0.6) is 0 Å². The summed E-state index contributed by atoms with van der Waals surface area (Å²) in [4.78, 5) is 26.0. The molecule has 0 aliphatic heterocycles. The second kappa shape index (κ2) is 6.51. The highest BCUT2D eigenvalue weighted by Gasteiger charge is 2.25. The summed E-state index contributed by atoms with van der Waals surface area (Å²) in [7, 11) is 1.25. The lowest BCUT2D eigenvalue weighted by Crippen LogP contribution is -2.18. The van der Waals surface area contributed by atoms with Gasteiger partial charge in [0.2, 0.25) is 5.82 Å². The van der Waals surface area contributed by atoms with Crippen molar-refractivity contribution in [3.63, 3.8) is 0 Å². The Kier molecular flexibility index (Phi) is 4.72. The van der Waals surface area contributed by atoms with E-state index in [0.29, 0.717) is 18.4 Å². The van der Waals surface area contributed by atoms with E-state index in [1.807, 2.05) is 0 Å². The molecular formula is C14H19N3O4. The van der Waals surface area contributed by atoms with Gasteiger partial charge in [0.25, 0.3) is 0 Å². The van der Waals surface area contributed by atoms with Crippen LogP contribution in [0.25, 0.3) is 0 Å². The van der Waals surface area contributed by atoms with E-state index in [9.17, 15) is 14.9 Å². The monoisotopic (exact) mass is 293 g/mol. The summed E-state index contributed by atoms with van der Waals surface area (Å²) in [5.74, 6) is 0.595. The minimum atomic E-state index is -0.609. The first kappa shape index (κ1) is 15.2. The predicted octanol–water partition coefficient (Wildman–Crippen LogP) is 2.62. The van der Waals surface area contributed by atoms with Crippen LogP contribution in [-0.2, 0) is 4.74 Å². The minimum absolute atomic E-state index is 0.0603. The van der Waals surface area contributed by atoms with Gasteiger partial charge in [0.1, 0.15) is 0 Å². The van der Waals surface area contributed by atoms with Gasteiger partial charge in [-0.05, 0) is 24.3 Å². The van der Waals surface area contributed by atoms with Gasteiger partial charge in [0, 0.05) is 12.6 Å². The molecule has 2 rings (SSSR count). The third-order valence-electron chi connectivity index (χ3n) is 4.04. The lowest BCUT2D eigenvalue weighted by molar-refractivity contribution is -0.384. The lowest BCUT2D eigenvalue weighted by Gasteiger charge is -2.16. The molecule has 1 fully saturated rings. The van der Waals surface area contributed by atoms with Crippen molar-refractivity contribution in [1.29, 1.82) is 0 Å². The summed E-state index contributed by atoms with van der Waals surface area (Å²) in [5, 5.41) is 14.1. The number of rotatable bonds is 5. The van der Waals surface area contributed by atoms with Gasteiger partial charge in [-0.2, -0.15) is 0 Å². The van der Waals surface area contributed by atoms with E-state index in [0.717, 1.165) is 6.42 Å². The van der Waals surface area contributed by atoms with Gasteiger partial charge in [-0.3, -0.25) is 10.1 Å². The summed E-state index contributed by atoms with van der Waals surface area (Å²) in [5.41, 5.74) is -0.0710. The van der Waals surface area contributed by atoms with Gasteiger partial charge in [-0.25, -0.2) is 9.78 Å². The average Bonchev–Trinajstić information content (AvgIpc) is 2.89. The fourth-order valence-electron chi connectivity index (χ4n) is 2.70. The largest absolute Gasteiger partial charge is 0.464 e. The SMILES string of the molecule is COC(=O)c1ccc([N+](=O)[O-])c(NCC2CCCC2C)n1. The van der Waals surface area contributed by atoms with Crippen molar-refractivity contribution in [3.05, 3.63) is 27.9 Å². The quantitative estimate of drug-likeness (QED) is 0.509. The van der Waals surface area contributed by atoms with Gasteiger partial charge in [-0.15, -0.1) is 0 Å². The maximum atomic E-state index is 11.5. The number of aromatic nitrogens is 1. The molecule has 1 aliphatic carbocycles. The Bertz CT molecular complexity index is 547. The fourth-order valence-corrected chi connectivity index (χ4v) is 2.70. The Hall–Kier alpha value is -2.18. The summed E-state index contributed by atoms with van der Waals surface area (Å²) in [6, 6.07) is 2.58. The van der Waals surface area contributed by atoms with Gasteiger partial charge >= 0.3 is 11.7 Å². The summed E-state index contributed by atoms with van der Waals surface area (Å²) in [6.07, 6.45) is 3.48. The summed E-state index contributed by atoms with van der Waals surface area (Å²) >= 11 is 0. The van der Waals surface area contributed by atoms with Crippen LogP contribution < -0.4 is 5.32 Å². The van der Waals surface area contributed by atoms with Crippen LogP contribution >= 0.6 is 0 Å². The standard InChI is InChI=1S/C14H19N3O4/c1-9-4-3-5-10(9)8-15-13-12(17(19)20)7-6-11(16-13)14(18)21-2/h6-7,9-10H,3-5,8H2,1-2H3,(H,15,16). The highest BCUT2D eigenvalue weighted by molar-refractivity contribution is 5.88. The second-order valence-corrected chi connectivity index (χ2v) is 5.36. The number of nitrogens with one attached hydrogen (secondary N) is 1. The van der Waals surface area contributed by atoms with E-state index in [4.69, 9.17) is 0 Å². The molecule has 1 aromatic rings. The second-order valence-electron chi connectivity index (χ2n) is 5.36. The summed E-state index contributed by atoms with van der Waals surface area (Å²) in [6.45, 7) is 2.81. The number of anilines is 1. The van der Waals surface area contributed by atoms with Crippen LogP contribution in [0.15, 0.2) is 12.1 Å². The topological polar surface area (TPSA) is 94.4 Å². The molecule has 7 nitrogen and oxygen atoms in total. The number of nitro groups is 1. The van der Waals surface area contributed by atoms with Crippen molar-refractivity contribution in [2.24, 2.45) is 11.8 Å². The maximum absolute atomic E-state index is 11.5. The number of hydrogen-bond acceptors (Lipinski definition) is 6. The first-order valence-corrected chi connectivity index (χ1v) is 7.00. The van der Waals surface area contributed by atoms with Crippen molar-refractivity contribution < 1.29 is 14.5 Å². The third-order valence-corrected chi connectivity index (χ3v) is 4.04. The molecule has 0 bridgehead atoms. The van der Waals surface area contributed by atoms with Crippen molar-refractivity contribution in [1.82, 2.24) is 4.98 Å². The highest BCUT2D eigenvalue weighted by atomic mass is 16.6. The first-order valence-electron chi connectivity index (χ1n) is 7.00. The van der Waals surface area contributed by atoms with Gasteiger partial charge in [0.05, 0.1) is 12.0 Å². The molecule has 21 heavy (non-hydrogen) atoms. The Balaban J connectivity index is 2.18. The van der Waals surface area contributed by atoms with Crippen LogP contribution in [-0.4, -0.2) is 29.5 Å². The first-order chi connectivity index (χ1) is 10.0. The van der Waals surface area contributed by atoms with Crippen molar-refractivity contribution in [2.45, 2.75) is 26.2 Å². The van der Waals surface area contributed by atoms with E-state index in [1.54, 1.807) is 0 Å². The molecule has 1 heterocycles. The van der Waals surface area contributed by atoms with Crippen LogP contribution in [0.3, 0.4) is 0 Å².